The molecule has 0 aliphatic carbocycles. The number of nitrogens with zero attached hydrogens (tertiary/aromatic N) is 2. The van der Waals surface area contributed by atoms with Crippen molar-refractivity contribution in [2.75, 3.05) is 0 Å². The lowest BCUT2D eigenvalue weighted by Gasteiger charge is -2.09. The van der Waals surface area contributed by atoms with E-state index >= 15 is 0 Å². The van der Waals surface area contributed by atoms with Gasteiger partial charge in [0.15, 0.2) is 0 Å². The molecule has 0 N–H and O–H groups in total. The van der Waals surface area contributed by atoms with Crippen molar-refractivity contribution in [3.63, 3.8) is 0 Å². The number of rotatable bonds is 8. The maximum Gasteiger partial charge on any atom is 0.0712 e. The number of hydrogen-bond acceptors (Lipinski definition) is 1. The molecule has 162 valence electrons. The van der Waals surface area contributed by atoms with Crippen LogP contribution in [-0.2, 0) is 6.54 Å². The van der Waals surface area contributed by atoms with Gasteiger partial charge < -0.3 is 4.57 Å². The predicted molar refractivity (Wildman–Crippen MR) is 138 cm³/mol. The van der Waals surface area contributed by atoms with E-state index in [2.05, 4.69) is 91.2 Å². The van der Waals surface area contributed by atoms with E-state index in [1.54, 1.807) is 0 Å². The van der Waals surface area contributed by atoms with Gasteiger partial charge in [-0.3, -0.25) is 0 Å². The van der Waals surface area contributed by atoms with Crippen LogP contribution < -0.4 is 0 Å². The summed E-state index contributed by atoms with van der Waals surface area (Å²) in [4.78, 5) is 4.98. The maximum absolute atomic E-state index is 4.98. The van der Waals surface area contributed by atoms with E-state index in [4.69, 9.17) is 4.98 Å². The van der Waals surface area contributed by atoms with Gasteiger partial charge in [-0.05, 0) is 49.2 Å². The molecule has 0 bridgehead atoms. The number of benzene rings is 3. The maximum atomic E-state index is 4.98. The Morgan fingerprint density at radius 1 is 0.688 bits per heavy atom. The fraction of sp³-hybridized carbons (Fsp3) is 0.300. The van der Waals surface area contributed by atoms with Gasteiger partial charge in [-0.2, -0.15) is 0 Å². The fourth-order valence-corrected chi connectivity index (χ4v) is 5.00. The van der Waals surface area contributed by atoms with E-state index in [0.717, 1.165) is 17.8 Å². The highest BCUT2D eigenvalue weighted by molar-refractivity contribution is 6.09. The number of aryl methyl sites for hydroxylation is 2. The molecule has 0 aliphatic rings. The fourth-order valence-electron chi connectivity index (χ4n) is 5.00. The minimum Gasteiger partial charge on any atom is -0.340 e. The minimum absolute atomic E-state index is 1.05. The van der Waals surface area contributed by atoms with Crippen molar-refractivity contribution < 1.29 is 0 Å². The van der Waals surface area contributed by atoms with Crippen molar-refractivity contribution in [3.05, 3.63) is 78.4 Å². The average Bonchev–Trinajstić information content (AvgIpc) is 3.14. The summed E-state index contributed by atoms with van der Waals surface area (Å²) >= 11 is 0. The lowest BCUT2D eigenvalue weighted by Crippen LogP contribution is -1.97. The van der Waals surface area contributed by atoms with E-state index in [0.29, 0.717) is 0 Å². The van der Waals surface area contributed by atoms with Crippen LogP contribution in [-0.4, -0.2) is 9.55 Å². The molecule has 2 heteroatoms. The average molecular weight is 421 g/mol. The summed E-state index contributed by atoms with van der Waals surface area (Å²) in [6.45, 7) is 5.54. The second-order valence-electron chi connectivity index (χ2n) is 9.01. The second-order valence-corrected chi connectivity index (χ2v) is 9.01. The van der Waals surface area contributed by atoms with E-state index < -0.39 is 0 Å². The molecule has 0 amide bonds. The number of unbranched alkanes of at least 4 members (excludes halogenated alkanes) is 5. The largest absolute Gasteiger partial charge is 0.340 e. The molecule has 0 saturated heterocycles. The SMILES string of the molecule is CCCCCCCCn1c2ccccc2c2cc(-c3cc(C)c4ccccc4n3)ccc21. The summed E-state index contributed by atoms with van der Waals surface area (Å²) in [6, 6.07) is 26.4. The number of hydrogen-bond donors (Lipinski definition) is 0. The van der Waals surface area contributed by atoms with Crippen molar-refractivity contribution in [1.82, 2.24) is 9.55 Å². The molecular weight excluding hydrogens is 388 g/mol. The predicted octanol–water partition coefficient (Wildman–Crippen LogP) is 8.68. The second kappa shape index (κ2) is 9.16. The Hall–Kier alpha value is -3.13. The quantitative estimate of drug-likeness (QED) is 0.230. The lowest BCUT2D eigenvalue weighted by molar-refractivity contribution is 0.571. The highest BCUT2D eigenvalue weighted by Gasteiger charge is 2.12. The van der Waals surface area contributed by atoms with Gasteiger partial charge in [-0.25, -0.2) is 4.98 Å². The molecule has 3 aromatic carbocycles. The van der Waals surface area contributed by atoms with Crippen LogP contribution in [0.3, 0.4) is 0 Å². The van der Waals surface area contributed by atoms with Crippen LogP contribution in [0, 0.1) is 6.92 Å². The van der Waals surface area contributed by atoms with Gasteiger partial charge >= 0.3 is 0 Å². The van der Waals surface area contributed by atoms with E-state index in [1.807, 2.05) is 0 Å². The van der Waals surface area contributed by atoms with Crippen molar-refractivity contribution in [3.8, 4) is 11.3 Å². The zero-order chi connectivity index (χ0) is 21.9. The van der Waals surface area contributed by atoms with Gasteiger partial charge in [0.2, 0.25) is 0 Å². The number of pyridine rings is 1. The molecule has 0 fully saturated rings. The topological polar surface area (TPSA) is 17.8 Å². The third-order valence-corrected chi connectivity index (χ3v) is 6.73. The molecule has 0 aliphatic heterocycles. The summed E-state index contributed by atoms with van der Waals surface area (Å²) in [6.07, 6.45) is 7.94. The Balaban J connectivity index is 1.52. The van der Waals surface area contributed by atoms with E-state index in [-0.39, 0.29) is 0 Å². The molecule has 0 radical (unpaired) electrons. The van der Waals surface area contributed by atoms with E-state index in [1.165, 1.54) is 76.8 Å². The third kappa shape index (κ3) is 3.90. The van der Waals surface area contributed by atoms with Crippen molar-refractivity contribution in [2.45, 2.75) is 58.9 Å². The molecule has 0 spiro atoms. The highest BCUT2D eigenvalue weighted by Crippen LogP contribution is 2.33. The van der Waals surface area contributed by atoms with Gasteiger partial charge in [0.1, 0.15) is 0 Å². The standard InChI is InChI=1S/C30H32N2/c1-3-4-5-6-7-12-19-32-29-16-11-9-14-25(29)26-21-23(17-18-30(26)32)28-20-22(2)24-13-8-10-15-27(24)31-28/h8-11,13-18,20-21H,3-7,12,19H2,1-2H3. The molecule has 32 heavy (non-hydrogen) atoms. The smallest absolute Gasteiger partial charge is 0.0712 e. The number of fused-ring (bicyclic) bond motifs is 4. The van der Waals surface area contributed by atoms with Gasteiger partial charge in [-0.15, -0.1) is 0 Å². The Morgan fingerprint density at radius 2 is 1.41 bits per heavy atom. The zero-order valence-electron chi connectivity index (χ0n) is 19.3. The first-order valence-corrected chi connectivity index (χ1v) is 12.1. The first-order valence-electron chi connectivity index (χ1n) is 12.1. The van der Waals surface area contributed by atoms with Crippen LogP contribution >= 0.6 is 0 Å². The van der Waals surface area contributed by atoms with Crippen molar-refractivity contribution in [1.29, 1.82) is 0 Å². The molecule has 0 saturated carbocycles. The first-order chi connectivity index (χ1) is 15.8. The third-order valence-electron chi connectivity index (χ3n) is 6.73. The molecule has 0 atom stereocenters. The van der Waals surface area contributed by atoms with Gasteiger partial charge in [-0.1, -0.05) is 81.5 Å². The van der Waals surface area contributed by atoms with Crippen molar-refractivity contribution in [2.24, 2.45) is 0 Å². The molecular formula is C30H32N2. The van der Waals surface area contributed by atoms with E-state index in [9.17, 15) is 0 Å². The minimum atomic E-state index is 1.05. The van der Waals surface area contributed by atoms with Crippen LogP contribution in [0.4, 0.5) is 0 Å². The summed E-state index contributed by atoms with van der Waals surface area (Å²) in [5, 5.41) is 3.90. The summed E-state index contributed by atoms with van der Waals surface area (Å²) < 4.78 is 2.52. The summed E-state index contributed by atoms with van der Waals surface area (Å²) in [5.41, 5.74) is 7.26. The number of aromatic nitrogens is 2. The van der Waals surface area contributed by atoms with Crippen LogP contribution in [0.1, 0.15) is 51.0 Å². The van der Waals surface area contributed by atoms with Crippen molar-refractivity contribution >= 4 is 32.7 Å². The van der Waals surface area contributed by atoms with Crippen LogP contribution in [0.25, 0.3) is 44.0 Å². The molecule has 2 aromatic heterocycles. The van der Waals surface area contributed by atoms with Gasteiger partial charge in [0.25, 0.3) is 0 Å². The Kier molecular flexibility index (Phi) is 5.94. The van der Waals surface area contributed by atoms with Crippen LogP contribution in [0.5, 0.6) is 0 Å². The zero-order valence-corrected chi connectivity index (χ0v) is 19.3. The Morgan fingerprint density at radius 3 is 2.28 bits per heavy atom. The van der Waals surface area contributed by atoms with Gasteiger partial charge in [0, 0.05) is 39.3 Å². The monoisotopic (exact) mass is 420 g/mol. The first kappa shape index (κ1) is 20.8. The lowest BCUT2D eigenvalue weighted by atomic mass is 10.0. The van der Waals surface area contributed by atoms with Crippen LogP contribution in [0.2, 0.25) is 0 Å². The summed E-state index contributed by atoms with van der Waals surface area (Å²) in [7, 11) is 0. The molecule has 2 nitrogen and oxygen atoms in total. The summed E-state index contributed by atoms with van der Waals surface area (Å²) in [5.74, 6) is 0. The molecule has 0 unspecified atom stereocenters. The van der Waals surface area contributed by atoms with Gasteiger partial charge in [0.05, 0.1) is 11.2 Å². The molecule has 5 rings (SSSR count). The normalized spacial score (nSPS) is 11.7. The van der Waals surface area contributed by atoms with Crippen LogP contribution in [0.15, 0.2) is 72.8 Å². The molecule has 2 heterocycles. The Bertz CT molecular complexity index is 1380. The highest BCUT2D eigenvalue weighted by atomic mass is 15.0. The molecule has 5 aromatic rings. The Labute approximate surface area is 190 Å². The number of para-hydroxylation sites is 2.